The summed E-state index contributed by atoms with van der Waals surface area (Å²) in [6.07, 6.45) is 5.29. The molecule has 1 aliphatic heterocycles. The number of nitrogens with zero attached hydrogens (tertiary/aromatic N) is 3. The van der Waals surface area contributed by atoms with Gasteiger partial charge in [-0.1, -0.05) is 0 Å². The Balaban J connectivity index is 1.44. The summed E-state index contributed by atoms with van der Waals surface area (Å²) in [7, 11) is 2.09. The molecule has 128 valence electrons. The van der Waals surface area contributed by atoms with E-state index < -0.39 is 0 Å². The molecule has 7 heteroatoms. The predicted molar refractivity (Wildman–Crippen MR) is 93.1 cm³/mol. The third-order valence-electron chi connectivity index (χ3n) is 4.57. The fourth-order valence-electron chi connectivity index (χ4n) is 3.20. The molecule has 0 aliphatic carbocycles. The predicted octanol–water partition coefficient (Wildman–Crippen LogP) is 3.08. The van der Waals surface area contributed by atoms with Crippen LogP contribution in [0.15, 0.2) is 47.3 Å². The lowest BCUT2D eigenvalue weighted by atomic mass is 10.1. The van der Waals surface area contributed by atoms with E-state index in [1.165, 1.54) is 12.8 Å². The van der Waals surface area contributed by atoms with Gasteiger partial charge in [0.1, 0.15) is 0 Å². The van der Waals surface area contributed by atoms with E-state index >= 15 is 0 Å². The molecule has 1 fully saturated rings. The molecule has 0 spiro atoms. The zero-order valence-electron chi connectivity index (χ0n) is 13.9. The molecule has 7 nitrogen and oxygen atoms in total. The molecule has 0 saturated carbocycles. The number of H-pyrrole nitrogens is 1. The quantitative estimate of drug-likeness (QED) is 0.764. The van der Waals surface area contributed by atoms with Crippen LogP contribution in [0.1, 0.15) is 35.1 Å². The highest BCUT2D eigenvalue weighted by molar-refractivity contribution is 6.03. The minimum Gasteiger partial charge on any atom is -0.444 e. The molecule has 2 aromatic heterocycles. The highest BCUT2D eigenvalue weighted by atomic mass is 16.3. The Bertz CT molecular complexity index is 854. The van der Waals surface area contributed by atoms with E-state index in [1.807, 2.05) is 30.3 Å². The van der Waals surface area contributed by atoms with Crippen LogP contribution in [-0.4, -0.2) is 39.6 Å². The molecule has 25 heavy (non-hydrogen) atoms. The van der Waals surface area contributed by atoms with Crippen molar-refractivity contribution in [3.8, 4) is 11.3 Å². The van der Waals surface area contributed by atoms with Crippen LogP contribution in [0.5, 0.6) is 0 Å². The molecular formula is C18H19N5O2. The normalized spacial score (nSPS) is 17.7. The van der Waals surface area contributed by atoms with Crippen LogP contribution in [0.25, 0.3) is 11.3 Å². The molecule has 4 rings (SSSR count). The van der Waals surface area contributed by atoms with Crippen molar-refractivity contribution in [1.82, 2.24) is 20.1 Å². The van der Waals surface area contributed by atoms with E-state index in [2.05, 4.69) is 32.4 Å². The minimum atomic E-state index is -0.226. The Hall–Kier alpha value is -2.93. The zero-order valence-corrected chi connectivity index (χ0v) is 13.9. The van der Waals surface area contributed by atoms with E-state index in [9.17, 15) is 4.79 Å². The van der Waals surface area contributed by atoms with E-state index in [0.717, 1.165) is 24.2 Å². The van der Waals surface area contributed by atoms with Crippen molar-refractivity contribution in [1.29, 1.82) is 0 Å². The van der Waals surface area contributed by atoms with Crippen molar-refractivity contribution in [3.05, 3.63) is 54.3 Å². The fourth-order valence-corrected chi connectivity index (χ4v) is 3.20. The summed E-state index contributed by atoms with van der Waals surface area (Å²) in [5.41, 5.74) is 3.00. The van der Waals surface area contributed by atoms with Gasteiger partial charge in [0, 0.05) is 11.3 Å². The molecule has 1 saturated heterocycles. The summed E-state index contributed by atoms with van der Waals surface area (Å²) in [6.45, 7) is 1.07. The molecule has 0 bridgehead atoms. The van der Waals surface area contributed by atoms with Crippen molar-refractivity contribution < 1.29 is 9.21 Å². The number of likely N-dealkylation sites (tertiary alicyclic amines) is 1. The molecule has 3 heterocycles. The molecule has 1 atom stereocenters. The van der Waals surface area contributed by atoms with Crippen molar-refractivity contribution in [2.45, 2.75) is 18.9 Å². The molecule has 1 aromatic carbocycles. The Kier molecular flexibility index (Phi) is 4.07. The van der Waals surface area contributed by atoms with E-state index in [1.54, 1.807) is 6.20 Å². The minimum absolute atomic E-state index is 0.226. The molecule has 0 radical (unpaired) electrons. The maximum atomic E-state index is 12.4. The average molecular weight is 337 g/mol. The van der Waals surface area contributed by atoms with Gasteiger partial charge < -0.3 is 9.73 Å². The van der Waals surface area contributed by atoms with E-state index in [0.29, 0.717) is 23.2 Å². The van der Waals surface area contributed by atoms with E-state index in [4.69, 9.17) is 4.42 Å². The second-order valence-electron chi connectivity index (χ2n) is 6.24. The Morgan fingerprint density at radius 1 is 1.36 bits per heavy atom. The number of aromatic amines is 1. The van der Waals surface area contributed by atoms with Crippen LogP contribution >= 0.6 is 0 Å². The molecule has 2 N–H and O–H groups in total. The number of carbonyl (C=O) groups excluding carboxylic acids is 1. The number of benzene rings is 1. The van der Waals surface area contributed by atoms with Gasteiger partial charge in [-0.3, -0.25) is 14.8 Å². The maximum Gasteiger partial charge on any atom is 0.276 e. The highest BCUT2D eigenvalue weighted by Crippen LogP contribution is 2.29. The van der Waals surface area contributed by atoms with Gasteiger partial charge in [-0.25, -0.2) is 4.98 Å². The molecular weight excluding hydrogens is 318 g/mol. The first-order chi connectivity index (χ1) is 12.2. The van der Waals surface area contributed by atoms with Crippen LogP contribution in [0, 0.1) is 0 Å². The summed E-state index contributed by atoms with van der Waals surface area (Å²) in [6, 6.07) is 9.56. The van der Waals surface area contributed by atoms with E-state index in [-0.39, 0.29) is 5.91 Å². The number of amides is 1. The Morgan fingerprint density at radius 3 is 2.88 bits per heavy atom. The van der Waals surface area contributed by atoms with Crippen LogP contribution in [0.4, 0.5) is 5.69 Å². The molecule has 1 amide bonds. The smallest absolute Gasteiger partial charge is 0.276 e. The number of carbonyl (C=O) groups is 1. The second kappa shape index (κ2) is 6.52. The topological polar surface area (TPSA) is 87.1 Å². The van der Waals surface area contributed by atoms with Crippen LogP contribution in [0.2, 0.25) is 0 Å². The lowest BCUT2D eigenvalue weighted by Gasteiger charge is -2.16. The van der Waals surface area contributed by atoms with Crippen LogP contribution in [-0.2, 0) is 0 Å². The van der Waals surface area contributed by atoms with Gasteiger partial charge in [0.15, 0.2) is 17.8 Å². The standard InChI is InChI=1S/C18H19N5O2/c1-23-8-2-3-16(23)14-9-15(22-21-14)18(24)20-13-6-4-12(5-7-13)17-10-19-11-25-17/h4-7,9-11,16H,2-3,8H2,1H3,(H,20,24)(H,21,22). The van der Waals surface area contributed by atoms with Crippen molar-refractivity contribution in [2.75, 3.05) is 18.9 Å². The number of hydrogen-bond acceptors (Lipinski definition) is 5. The number of aromatic nitrogens is 3. The summed E-state index contributed by atoms with van der Waals surface area (Å²) >= 11 is 0. The lowest BCUT2D eigenvalue weighted by molar-refractivity contribution is 0.102. The molecule has 1 aliphatic rings. The first kappa shape index (κ1) is 15.6. The maximum absolute atomic E-state index is 12.4. The van der Waals surface area contributed by atoms with Crippen LogP contribution in [0.3, 0.4) is 0 Å². The number of hydrogen-bond donors (Lipinski definition) is 2. The number of rotatable bonds is 4. The summed E-state index contributed by atoms with van der Waals surface area (Å²) in [5.74, 6) is 0.464. The summed E-state index contributed by atoms with van der Waals surface area (Å²) in [4.78, 5) is 18.6. The molecule has 3 aromatic rings. The SMILES string of the molecule is CN1CCCC1c1cc(C(=O)Nc2ccc(-c3cnco3)cc2)n[nH]1. The van der Waals surface area contributed by atoms with Gasteiger partial charge in [0.05, 0.1) is 17.9 Å². The second-order valence-corrected chi connectivity index (χ2v) is 6.24. The molecule has 1 unspecified atom stereocenters. The summed E-state index contributed by atoms with van der Waals surface area (Å²) in [5, 5.41) is 10.0. The monoisotopic (exact) mass is 337 g/mol. The summed E-state index contributed by atoms with van der Waals surface area (Å²) < 4.78 is 5.25. The zero-order chi connectivity index (χ0) is 17.2. The van der Waals surface area contributed by atoms with Gasteiger partial charge in [-0.05, 0) is 56.8 Å². The first-order valence-electron chi connectivity index (χ1n) is 8.26. The lowest BCUT2D eigenvalue weighted by Crippen LogP contribution is -2.17. The van der Waals surface area contributed by atoms with Gasteiger partial charge in [0.25, 0.3) is 5.91 Å². The fraction of sp³-hybridized carbons (Fsp3) is 0.278. The Labute approximate surface area is 145 Å². The average Bonchev–Trinajstić information content (AvgIpc) is 3.37. The van der Waals surface area contributed by atoms with Crippen molar-refractivity contribution in [2.24, 2.45) is 0 Å². The van der Waals surface area contributed by atoms with Gasteiger partial charge in [-0.15, -0.1) is 0 Å². The van der Waals surface area contributed by atoms with Crippen molar-refractivity contribution >= 4 is 11.6 Å². The number of anilines is 1. The number of nitrogens with one attached hydrogen (secondary N) is 2. The van der Waals surface area contributed by atoms with Gasteiger partial charge >= 0.3 is 0 Å². The van der Waals surface area contributed by atoms with Crippen molar-refractivity contribution in [3.63, 3.8) is 0 Å². The number of oxazole rings is 1. The Morgan fingerprint density at radius 2 is 2.20 bits per heavy atom. The third kappa shape index (κ3) is 3.18. The first-order valence-corrected chi connectivity index (χ1v) is 8.26. The highest BCUT2D eigenvalue weighted by Gasteiger charge is 2.25. The largest absolute Gasteiger partial charge is 0.444 e. The van der Waals surface area contributed by atoms with Gasteiger partial charge in [-0.2, -0.15) is 5.10 Å². The van der Waals surface area contributed by atoms with Gasteiger partial charge in [0.2, 0.25) is 0 Å². The third-order valence-corrected chi connectivity index (χ3v) is 4.57. The van der Waals surface area contributed by atoms with Crippen LogP contribution < -0.4 is 5.32 Å².